The Balaban J connectivity index is 1.30. The Kier molecular flexibility index (Phi) is 6.00. The van der Waals surface area contributed by atoms with Crippen LogP contribution in [-0.4, -0.2) is 38.5 Å². The van der Waals surface area contributed by atoms with Gasteiger partial charge in [-0.3, -0.25) is 14.0 Å². The average molecular weight is 495 g/mol. The van der Waals surface area contributed by atoms with E-state index in [4.69, 9.17) is 9.97 Å². The van der Waals surface area contributed by atoms with E-state index in [9.17, 15) is 22.8 Å². The molecule has 0 unspecified atom stereocenters. The summed E-state index contributed by atoms with van der Waals surface area (Å²) in [6.45, 7) is -0.480. The van der Waals surface area contributed by atoms with Crippen molar-refractivity contribution in [1.29, 1.82) is 0 Å². The molecule has 0 aliphatic carbocycles. The van der Waals surface area contributed by atoms with Crippen molar-refractivity contribution in [3.63, 3.8) is 0 Å². The zero-order valence-electron chi connectivity index (χ0n) is 17.9. The van der Waals surface area contributed by atoms with Crippen LogP contribution in [-0.2, 0) is 9.59 Å². The Morgan fingerprint density at radius 3 is 2.43 bits per heavy atom. The number of hydrogen-bond acceptors (Lipinski definition) is 5. The number of imidazole rings is 1. The lowest BCUT2D eigenvalue weighted by molar-refractivity contribution is -0.122. The molecule has 176 valence electrons. The van der Waals surface area contributed by atoms with Gasteiger partial charge in [0.1, 0.15) is 5.65 Å². The van der Waals surface area contributed by atoms with Gasteiger partial charge in [0.05, 0.1) is 34.5 Å². The van der Waals surface area contributed by atoms with E-state index in [1.54, 1.807) is 0 Å². The van der Waals surface area contributed by atoms with Crippen molar-refractivity contribution in [3.8, 4) is 0 Å². The van der Waals surface area contributed by atoms with Gasteiger partial charge in [-0.05, 0) is 36.4 Å². The minimum Gasteiger partial charge on any atom is -0.346 e. The van der Waals surface area contributed by atoms with Gasteiger partial charge in [-0.15, -0.1) is 0 Å². The highest BCUT2D eigenvalue weighted by Gasteiger charge is 2.17. The predicted molar refractivity (Wildman–Crippen MR) is 127 cm³/mol. The van der Waals surface area contributed by atoms with Gasteiger partial charge >= 0.3 is 0 Å². The molecule has 2 N–H and O–H groups in total. The van der Waals surface area contributed by atoms with Crippen LogP contribution < -0.4 is 10.6 Å². The van der Waals surface area contributed by atoms with Crippen LogP contribution in [0.15, 0.2) is 65.8 Å². The monoisotopic (exact) mass is 495 g/mol. The number of aromatic nitrogens is 3. The largest absolute Gasteiger partial charge is 0.346 e. The van der Waals surface area contributed by atoms with Gasteiger partial charge in [0.25, 0.3) is 0 Å². The van der Waals surface area contributed by atoms with Gasteiger partial charge in [-0.25, -0.2) is 23.1 Å². The maximum atomic E-state index is 13.7. The van der Waals surface area contributed by atoms with E-state index in [2.05, 4.69) is 10.6 Å². The number of anilines is 1. The van der Waals surface area contributed by atoms with Gasteiger partial charge < -0.3 is 10.6 Å². The number of thioether (sulfide) groups is 1. The van der Waals surface area contributed by atoms with Crippen molar-refractivity contribution in [2.75, 3.05) is 17.6 Å². The molecule has 0 aliphatic heterocycles. The molecule has 0 spiro atoms. The van der Waals surface area contributed by atoms with E-state index in [1.165, 1.54) is 11.8 Å². The summed E-state index contributed by atoms with van der Waals surface area (Å²) in [6, 6.07) is 16.7. The number of carbonyl (C=O) groups is 2. The molecule has 3 aromatic carbocycles. The third-order valence-electron chi connectivity index (χ3n) is 5.20. The fourth-order valence-corrected chi connectivity index (χ4v) is 4.43. The van der Waals surface area contributed by atoms with Crippen molar-refractivity contribution in [2.45, 2.75) is 5.16 Å². The molecule has 5 aromatic rings. The quantitative estimate of drug-likeness (QED) is 0.208. The van der Waals surface area contributed by atoms with Crippen LogP contribution in [0.4, 0.5) is 18.9 Å². The minimum atomic E-state index is -1.69. The van der Waals surface area contributed by atoms with E-state index in [-0.39, 0.29) is 5.75 Å². The zero-order valence-corrected chi connectivity index (χ0v) is 18.7. The van der Waals surface area contributed by atoms with Crippen LogP contribution in [0.1, 0.15) is 0 Å². The second kappa shape index (κ2) is 9.26. The second-order valence-electron chi connectivity index (χ2n) is 7.51. The lowest BCUT2D eigenvalue weighted by Gasteiger charge is -2.10. The first-order valence-electron chi connectivity index (χ1n) is 10.4. The molecule has 0 atom stereocenters. The third-order valence-corrected chi connectivity index (χ3v) is 6.14. The summed E-state index contributed by atoms with van der Waals surface area (Å²) in [4.78, 5) is 33.8. The van der Waals surface area contributed by atoms with Crippen molar-refractivity contribution >= 4 is 56.8 Å². The van der Waals surface area contributed by atoms with Crippen LogP contribution in [0.3, 0.4) is 0 Å². The first kappa shape index (κ1) is 22.7. The number of carbonyl (C=O) groups excluding carboxylic acids is 2. The van der Waals surface area contributed by atoms with Crippen LogP contribution in [0.25, 0.3) is 27.6 Å². The number of benzene rings is 3. The number of hydrogen-bond donors (Lipinski definition) is 2. The van der Waals surface area contributed by atoms with Crippen molar-refractivity contribution in [3.05, 3.63) is 78.1 Å². The maximum absolute atomic E-state index is 13.7. The van der Waals surface area contributed by atoms with Gasteiger partial charge in [0.2, 0.25) is 11.8 Å². The summed E-state index contributed by atoms with van der Waals surface area (Å²) >= 11 is 1.17. The standard InChI is InChI=1S/C24H16F3N5O2S/c25-14-9-10-17(22(27)21(14)26)29-19(33)11-28-20(34)12-35-24-31-15-6-2-1-5-13(15)23-30-16-7-3-4-8-18(16)32(23)24/h1-10H,11-12H2,(H,28,34)(H,29,33). The Bertz CT molecular complexity index is 1620. The third kappa shape index (κ3) is 4.37. The lowest BCUT2D eigenvalue weighted by atomic mass is 10.2. The first-order valence-corrected chi connectivity index (χ1v) is 11.4. The van der Waals surface area contributed by atoms with Crippen LogP contribution in [0.2, 0.25) is 0 Å². The summed E-state index contributed by atoms with van der Waals surface area (Å²) < 4.78 is 41.9. The first-order chi connectivity index (χ1) is 16.9. The maximum Gasteiger partial charge on any atom is 0.243 e. The number of amides is 2. The van der Waals surface area contributed by atoms with E-state index in [0.29, 0.717) is 16.9 Å². The van der Waals surface area contributed by atoms with Gasteiger partial charge in [0, 0.05) is 5.39 Å². The molecule has 2 amide bonds. The summed E-state index contributed by atoms with van der Waals surface area (Å²) in [5, 5.41) is 5.95. The Morgan fingerprint density at radius 2 is 1.60 bits per heavy atom. The SMILES string of the molecule is O=C(CSc1nc2ccccc2c2nc3ccccc3n12)NCC(=O)Nc1ccc(F)c(F)c1F. The zero-order chi connectivity index (χ0) is 24.5. The highest BCUT2D eigenvalue weighted by atomic mass is 32.2. The number of nitrogens with one attached hydrogen (secondary N) is 2. The number of nitrogens with zero attached hydrogens (tertiary/aromatic N) is 3. The van der Waals surface area contributed by atoms with Crippen molar-refractivity contribution in [2.24, 2.45) is 0 Å². The summed E-state index contributed by atoms with van der Waals surface area (Å²) in [5.74, 6) is -5.89. The van der Waals surface area contributed by atoms with Crippen LogP contribution in [0, 0.1) is 17.5 Å². The molecular weight excluding hydrogens is 479 g/mol. The predicted octanol–water partition coefficient (Wildman–Crippen LogP) is 4.30. The molecule has 0 radical (unpaired) electrons. The van der Waals surface area contributed by atoms with E-state index >= 15 is 0 Å². The topological polar surface area (TPSA) is 88.4 Å². The van der Waals surface area contributed by atoms with E-state index in [1.807, 2.05) is 52.9 Å². The van der Waals surface area contributed by atoms with Crippen LogP contribution in [0.5, 0.6) is 0 Å². The molecule has 11 heteroatoms. The van der Waals surface area contributed by atoms with Crippen molar-refractivity contribution < 1.29 is 22.8 Å². The number of fused-ring (bicyclic) bond motifs is 5. The summed E-state index contributed by atoms with van der Waals surface area (Å²) in [5.41, 5.74) is 2.56. The molecule has 0 aliphatic rings. The molecule has 0 fully saturated rings. The van der Waals surface area contributed by atoms with Crippen molar-refractivity contribution in [1.82, 2.24) is 19.7 Å². The fourth-order valence-electron chi connectivity index (χ4n) is 3.59. The molecule has 0 saturated heterocycles. The highest BCUT2D eigenvalue weighted by molar-refractivity contribution is 7.99. The Morgan fingerprint density at radius 1 is 0.857 bits per heavy atom. The second-order valence-corrected chi connectivity index (χ2v) is 8.45. The molecule has 0 bridgehead atoms. The molecule has 2 heterocycles. The fraction of sp³-hybridized carbons (Fsp3) is 0.0833. The number of rotatable bonds is 6. The molecule has 0 saturated carbocycles. The number of para-hydroxylation sites is 3. The van der Waals surface area contributed by atoms with Gasteiger partial charge in [0.15, 0.2) is 22.6 Å². The molecule has 5 rings (SSSR count). The van der Waals surface area contributed by atoms with Crippen LogP contribution >= 0.6 is 11.8 Å². The lowest BCUT2D eigenvalue weighted by Crippen LogP contribution is -2.34. The highest BCUT2D eigenvalue weighted by Crippen LogP contribution is 2.28. The molecular formula is C24H16F3N5O2S. The molecule has 2 aromatic heterocycles. The minimum absolute atomic E-state index is 0.0558. The molecule has 35 heavy (non-hydrogen) atoms. The normalized spacial score (nSPS) is 11.3. The Hall–Kier alpha value is -4.12. The van der Waals surface area contributed by atoms with Gasteiger partial charge in [-0.2, -0.15) is 0 Å². The van der Waals surface area contributed by atoms with E-state index in [0.717, 1.165) is 28.0 Å². The van der Waals surface area contributed by atoms with E-state index < -0.39 is 41.5 Å². The Labute approximate surface area is 200 Å². The average Bonchev–Trinajstić information content (AvgIpc) is 3.26. The smallest absolute Gasteiger partial charge is 0.243 e. The molecule has 7 nitrogen and oxygen atoms in total. The van der Waals surface area contributed by atoms with Gasteiger partial charge in [-0.1, -0.05) is 36.0 Å². The summed E-state index contributed by atoms with van der Waals surface area (Å²) in [6.07, 6.45) is 0. The number of halogens is 3. The summed E-state index contributed by atoms with van der Waals surface area (Å²) in [7, 11) is 0.